The van der Waals surface area contributed by atoms with Crippen LogP contribution in [-0.4, -0.2) is 24.4 Å². The smallest absolute Gasteiger partial charge is 0.326 e. The van der Waals surface area contributed by atoms with Crippen molar-refractivity contribution < 1.29 is 4.79 Å². The fourth-order valence-electron chi connectivity index (χ4n) is 4.57. The summed E-state index contributed by atoms with van der Waals surface area (Å²) >= 11 is 1.29. The lowest BCUT2D eigenvalue weighted by molar-refractivity contribution is -0.116. The van der Waals surface area contributed by atoms with Crippen LogP contribution in [0.4, 0.5) is 5.69 Å². The summed E-state index contributed by atoms with van der Waals surface area (Å²) in [6, 6.07) is 17.9. The second-order valence-electron chi connectivity index (χ2n) is 9.13. The normalized spacial score (nSPS) is 11.3. The van der Waals surface area contributed by atoms with Gasteiger partial charge >= 0.3 is 5.69 Å². The molecule has 0 fully saturated rings. The summed E-state index contributed by atoms with van der Waals surface area (Å²) in [5, 5.41) is 4.64. The van der Waals surface area contributed by atoms with Crippen LogP contribution in [-0.2, 0) is 17.9 Å². The highest BCUT2D eigenvalue weighted by Gasteiger charge is 2.16. The number of para-hydroxylation sites is 1. The average Bonchev–Trinajstić information content (AvgIpc) is 3.39. The standard InChI is InChI=1S/C28H27N5O4S/c1-19-9-8-12-23-29-21(17-25(35)33(19)23)18-32-22-14-16-38-26(22)27(36)31(28(32)37)15-7-3-6-13-24(34)30-20-10-4-2-5-11-20/h2,4-5,8-12,14,16-17H,3,6-7,13,15,18H2,1H3,(H,30,34). The van der Waals surface area contributed by atoms with Gasteiger partial charge in [0.15, 0.2) is 0 Å². The van der Waals surface area contributed by atoms with Crippen LogP contribution in [0.1, 0.15) is 37.1 Å². The number of carbonyl (C=O) groups excluding carboxylic acids is 1. The van der Waals surface area contributed by atoms with Gasteiger partial charge in [0.1, 0.15) is 10.3 Å². The third-order valence-corrected chi connectivity index (χ3v) is 7.32. The zero-order valence-corrected chi connectivity index (χ0v) is 21.7. The molecule has 1 aromatic carbocycles. The first-order valence-corrected chi connectivity index (χ1v) is 13.3. The molecule has 38 heavy (non-hydrogen) atoms. The number of aryl methyl sites for hydroxylation is 1. The number of amides is 1. The summed E-state index contributed by atoms with van der Waals surface area (Å²) in [4.78, 5) is 56.0. The Morgan fingerprint density at radius 1 is 0.947 bits per heavy atom. The van der Waals surface area contributed by atoms with Crippen molar-refractivity contribution in [3.63, 3.8) is 0 Å². The van der Waals surface area contributed by atoms with Gasteiger partial charge in [0, 0.05) is 30.4 Å². The van der Waals surface area contributed by atoms with Crippen LogP contribution in [0.3, 0.4) is 0 Å². The number of hydrogen-bond donors (Lipinski definition) is 1. The maximum absolute atomic E-state index is 13.4. The number of benzene rings is 1. The Hall–Kier alpha value is -4.31. The maximum Gasteiger partial charge on any atom is 0.331 e. The molecule has 0 unspecified atom stereocenters. The molecule has 194 valence electrons. The first kappa shape index (κ1) is 25.3. The Morgan fingerprint density at radius 2 is 1.76 bits per heavy atom. The van der Waals surface area contributed by atoms with Gasteiger partial charge in [0.2, 0.25) is 5.91 Å². The maximum atomic E-state index is 13.4. The molecule has 9 nitrogen and oxygen atoms in total. The summed E-state index contributed by atoms with van der Waals surface area (Å²) in [5.41, 5.74) is 2.04. The number of hydrogen-bond acceptors (Lipinski definition) is 6. The molecule has 0 saturated heterocycles. The van der Waals surface area contributed by atoms with Crippen LogP contribution in [0.2, 0.25) is 0 Å². The summed E-state index contributed by atoms with van der Waals surface area (Å²) in [6.45, 7) is 2.16. The van der Waals surface area contributed by atoms with Gasteiger partial charge in [-0.15, -0.1) is 11.3 Å². The minimum absolute atomic E-state index is 0.0651. The fourth-order valence-corrected chi connectivity index (χ4v) is 5.41. The van der Waals surface area contributed by atoms with E-state index in [0.717, 1.165) is 11.4 Å². The van der Waals surface area contributed by atoms with Crippen LogP contribution in [0, 0.1) is 6.92 Å². The van der Waals surface area contributed by atoms with E-state index in [1.807, 2.05) is 49.4 Å². The molecule has 4 heterocycles. The molecule has 0 spiro atoms. The molecule has 4 aromatic heterocycles. The first-order chi connectivity index (χ1) is 18.4. The number of fused-ring (bicyclic) bond motifs is 2. The molecule has 1 amide bonds. The Bertz CT molecular complexity index is 1800. The lowest BCUT2D eigenvalue weighted by atomic mass is 10.2. The van der Waals surface area contributed by atoms with Crippen molar-refractivity contribution in [2.45, 2.75) is 45.7 Å². The Morgan fingerprint density at radius 3 is 2.58 bits per heavy atom. The molecule has 1 N–H and O–H groups in total. The number of unbranched alkanes of at least 4 members (excludes halogenated alkanes) is 2. The molecule has 0 bridgehead atoms. The molecule has 5 aromatic rings. The van der Waals surface area contributed by atoms with Gasteiger partial charge in [-0.3, -0.25) is 27.9 Å². The Balaban J connectivity index is 1.32. The van der Waals surface area contributed by atoms with Gasteiger partial charge in [0.25, 0.3) is 11.1 Å². The predicted molar refractivity (Wildman–Crippen MR) is 149 cm³/mol. The van der Waals surface area contributed by atoms with Crippen molar-refractivity contribution >= 4 is 38.8 Å². The van der Waals surface area contributed by atoms with E-state index in [1.54, 1.807) is 17.5 Å². The van der Waals surface area contributed by atoms with Gasteiger partial charge in [-0.25, -0.2) is 9.78 Å². The number of carbonyl (C=O) groups is 1. The highest BCUT2D eigenvalue weighted by Crippen LogP contribution is 2.17. The van der Waals surface area contributed by atoms with E-state index in [1.165, 1.54) is 30.9 Å². The largest absolute Gasteiger partial charge is 0.331 e. The molecule has 0 atom stereocenters. The molecular formula is C28H27N5O4S. The number of anilines is 1. The van der Waals surface area contributed by atoms with Gasteiger partial charge in [0.05, 0.1) is 17.8 Å². The van der Waals surface area contributed by atoms with Gasteiger partial charge in [-0.05, 0) is 55.5 Å². The van der Waals surface area contributed by atoms with Crippen molar-refractivity contribution in [2.24, 2.45) is 0 Å². The number of nitrogens with zero attached hydrogens (tertiary/aromatic N) is 4. The number of thiophene rings is 1. The molecule has 5 rings (SSSR count). The van der Waals surface area contributed by atoms with E-state index in [2.05, 4.69) is 10.3 Å². The fraction of sp³-hybridized carbons (Fsp3) is 0.250. The molecule has 0 saturated carbocycles. The minimum atomic E-state index is -0.436. The predicted octanol–water partition coefficient (Wildman–Crippen LogP) is 3.79. The van der Waals surface area contributed by atoms with Gasteiger partial charge in [-0.2, -0.15) is 0 Å². The van der Waals surface area contributed by atoms with E-state index in [-0.39, 0.29) is 30.1 Å². The van der Waals surface area contributed by atoms with Crippen molar-refractivity contribution in [1.29, 1.82) is 0 Å². The zero-order chi connectivity index (χ0) is 26.6. The Kier molecular flexibility index (Phi) is 7.32. The molecule has 0 aliphatic rings. The minimum Gasteiger partial charge on any atom is -0.326 e. The number of nitrogens with one attached hydrogen (secondary N) is 1. The number of rotatable bonds is 9. The number of pyridine rings is 1. The summed E-state index contributed by atoms with van der Waals surface area (Å²) in [7, 11) is 0. The van der Waals surface area contributed by atoms with E-state index in [4.69, 9.17) is 0 Å². The average molecular weight is 530 g/mol. The van der Waals surface area contributed by atoms with Gasteiger partial charge < -0.3 is 5.32 Å². The highest BCUT2D eigenvalue weighted by atomic mass is 32.1. The number of aromatic nitrogens is 4. The van der Waals surface area contributed by atoms with Crippen molar-refractivity contribution in [2.75, 3.05) is 5.32 Å². The molecule has 10 heteroatoms. The van der Waals surface area contributed by atoms with E-state index < -0.39 is 5.69 Å². The molecular weight excluding hydrogens is 502 g/mol. The van der Waals surface area contributed by atoms with Crippen LogP contribution >= 0.6 is 11.3 Å². The van der Waals surface area contributed by atoms with Crippen LogP contribution < -0.4 is 22.1 Å². The monoisotopic (exact) mass is 529 g/mol. The zero-order valence-electron chi connectivity index (χ0n) is 20.9. The van der Waals surface area contributed by atoms with Crippen molar-refractivity contribution in [1.82, 2.24) is 18.5 Å². The second-order valence-corrected chi connectivity index (χ2v) is 10.0. The highest BCUT2D eigenvalue weighted by molar-refractivity contribution is 7.17. The quantitative estimate of drug-likeness (QED) is 0.292. The summed E-state index contributed by atoms with van der Waals surface area (Å²) in [5.74, 6) is -0.0651. The van der Waals surface area contributed by atoms with Gasteiger partial charge in [-0.1, -0.05) is 30.7 Å². The van der Waals surface area contributed by atoms with Crippen LogP contribution in [0.5, 0.6) is 0 Å². The van der Waals surface area contributed by atoms with Crippen LogP contribution in [0.25, 0.3) is 15.9 Å². The van der Waals surface area contributed by atoms with E-state index >= 15 is 0 Å². The van der Waals surface area contributed by atoms with E-state index in [0.29, 0.717) is 47.2 Å². The third-order valence-electron chi connectivity index (χ3n) is 6.43. The Labute approximate surface area is 221 Å². The van der Waals surface area contributed by atoms with Crippen LogP contribution in [0.15, 0.2) is 80.4 Å². The lowest BCUT2D eigenvalue weighted by Gasteiger charge is -2.13. The summed E-state index contributed by atoms with van der Waals surface area (Å²) in [6.07, 6.45) is 2.28. The third kappa shape index (κ3) is 5.21. The lowest BCUT2D eigenvalue weighted by Crippen LogP contribution is -2.40. The molecule has 0 radical (unpaired) electrons. The van der Waals surface area contributed by atoms with Crippen molar-refractivity contribution in [3.8, 4) is 0 Å². The first-order valence-electron chi connectivity index (χ1n) is 12.5. The molecule has 0 aliphatic carbocycles. The summed E-state index contributed by atoms with van der Waals surface area (Å²) < 4.78 is 4.77. The molecule has 0 aliphatic heterocycles. The van der Waals surface area contributed by atoms with Crippen molar-refractivity contribution in [3.05, 3.63) is 109 Å². The second kappa shape index (κ2) is 11.0. The SMILES string of the molecule is Cc1cccc2nc(Cn3c(=O)n(CCCCCC(=O)Nc4ccccc4)c(=O)c4sccc43)cc(=O)n12. The van der Waals surface area contributed by atoms with E-state index in [9.17, 15) is 19.2 Å². The topological polar surface area (TPSA) is 107 Å².